The van der Waals surface area contributed by atoms with E-state index in [1.807, 2.05) is 42.5 Å². The third-order valence-corrected chi connectivity index (χ3v) is 3.97. The number of hydrogen-bond donors (Lipinski definition) is 0. The SMILES string of the molecule is FC1=CC(c2ccccc2)(c2ccccc2)CCC1. The fourth-order valence-electron chi connectivity index (χ4n) is 3.04. The third-order valence-electron chi connectivity index (χ3n) is 3.97. The largest absolute Gasteiger partial charge is 0.212 e. The van der Waals surface area contributed by atoms with E-state index in [-0.39, 0.29) is 11.2 Å². The van der Waals surface area contributed by atoms with Crippen LogP contribution < -0.4 is 0 Å². The van der Waals surface area contributed by atoms with Gasteiger partial charge < -0.3 is 0 Å². The quantitative estimate of drug-likeness (QED) is 0.704. The lowest BCUT2D eigenvalue weighted by Crippen LogP contribution is -2.27. The molecule has 2 aromatic carbocycles. The minimum absolute atomic E-state index is 0.0129. The predicted octanol–water partition coefficient (Wildman–Crippen LogP) is 5.01. The van der Waals surface area contributed by atoms with Gasteiger partial charge in [0, 0.05) is 5.41 Å². The smallest absolute Gasteiger partial charge is 0.0972 e. The summed E-state index contributed by atoms with van der Waals surface area (Å²) < 4.78 is 13.9. The lowest BCUT2D eigenvalue weighted by Gasteiger charge is -2.35. The van der Waals surface area contributed by atoms with Gasteiger partial charge in [0.2, 0.25) is 0 Å². The van der Waals surface area contributed by atoms with Crippen LogP contribution in [-0.4, -0.2) is 0 Å². The molecule has 0 N–H and O–H groups in total. The Hall–Kier alpha value is -1.89. The molecule has 2 aromatic rings. The minimum Gasteiger partial charge on any atom is -0.212 e. The monoisotopic (exact) mass is 252 g/mol. The molecule has 1 aliphatic rings. The van der Waals surface area contributed by atoms with Crippen LogP contribution in [0.2, 0.25) is 0 Å². The number of rotatable bonds is 2. The van der Waals surface area contributed by atoms with Gasteiger partial charge in [0.1, 0.15) is 0 Å². The van der Waals surface area contributed by atoms with E-state index >= 15 is 0 Å². The van der Waals surface area contributed by atoms with Gasteiger partial charge in [-0.3, -0.25) is 0 Å². The molecule has 19 heavy (non-hydrogen) atoms. The van der Waals surface area contributed by atoms with Crippen LogP contribution in [0, 0.1) is 0 Å². The Morgan fingerprint density at radius 3 is 1.79 bits per heavy atom. The van der Waals surface area contributed by atoms with Crippen LogP contribution in [0.1, 0.15) is 30.4 Å². The van der Waals surface area contributed by atoms with Crippen molar-refractivity contribution in [3.05, 3.63) is 83.7 Å². The van der Waals surface area contributed by atoms with E-state index in [2.05, 4.69) is 24.3 Å². The highest BCUT2D eigenvalue weighted by Crippen LogP contribution is 2.43. The van der Waals surface area contributed by atoms with Crippen molar-refractivity contribution in [2.75, 3.05) is 0 Å². The summed E-state index contributed by atoms with van der Waals surface area (Å²) in [5.41, 5.74) is 2.05. The van der Waals surface area contributed by atoms with Crippen molar-refractivity contribution in [2.45, 2.75) is 24.7 Å². The van der Waals surface area contributed by atoms with Gasteiger partial charge in [-0.25, -0.2) is 4.39 Å². The molecule has 0 spiro atoms. The van der Waals surface area contributed by atoms with Gasteiger partial charge in [-0.15, -0.1) is 0 Å². The molecule has 0 unspecified atom stereocenters. The molecule has 0 atom stereocenters. The Morgan fingerprint density at radius 2 is 1.32 bits per heavy atom. The van der Waals surface area contributed by atoms with Gasteiger partial charge in [-0.2, -0.15) is 0 Å². The number of allylic oxidation sites excluding steroid dienone is 2. The van der Waals surface area contributed by atoms with E-state index < -0.39 is 0 Å². The van der Waals surface area contributed by atoms with Crippen LogP contribution in [0.4, 0.5) is 4.39 Å². The number of benzene rings is 2. The van der Waals surface area contributed by atoms with E-state index in [4.69, 9.17) is 0 Å². The Kier molecular flexibility index (Phi) is 3.20. The highest BCUT2D eigenvalue weighted by Gasteiger charge is 2.34. The molecule has 0 heterocycles. The molecule has 0 saturated heterocycles. The van der Waals surface area contributed by atoms with E-state index in [1.54, 1.807) is 0 Å². The summed E-state index contributed by atoms with van der Waals surface area (Å²) in [4.78, 5) is 0. The molecule has 0 bridgehead atoms. The zero-order valence-corrected chi connectivity index (χ0v) is 10.9. The summed E-state index contributed by atoms with van der Waals surface area (Å²) in [6.45, 7) is 0. The first-order chi connectivity index (χ1) is 9.31. The highest BCUT2D eigenvalue weighted by molar-refractivity contribution is 5.45. The molecular weight excluding hydrogens is 235 g/mol. The molecule has 3 rings (SSSR count). The Labute approximate surface area is 113 Å². The van der Waals surface area contributed by atoms with Crippen molar-refractivity contribution in [1.29, 1.82) is 0 Å². The van der Waals surface area contributed by atoms with Crippen molar-refractivity contribution < 1.29 is 4.39 Å². The second kappa shape index (κ2) is 5.00. The predicted molar refractivity (Wildman–Crippen MR) is 76.7 cm³/mol. The Balaban J connectivity index is 2.20. The van der Waals surface area contributed by atoms with Gasteiger partial charge >= 0.3 is 0 Å². The van der Waals surface area contributed by atoms with Crippen LogP contribution in [0.25, 0.3) is 0 Å². The van der Waals surface area contributed by atoms with Crippen LogP contribution >= 0.6 is 0 Å². The van der Waals surface area contributed by atoms with Crippen LogP contribution in [0.3, 0.4) is 0 Å². The summed E-state index contributed by atoms with van der Waals surface area (Å²) >= 11 is 0. The van der Waals surface area contributed by atoms with Crippen molar-refractivity contribution in [2.24, 2.45) is 0 Å². The number of halogens is 1. The standard InChI is InChI=1S/C18H17F/c19-17-12-7-13-18(14-17,15-8-3-1-4-9-15)16-10-5-2-6-11-16/h1-6,8-11,14H,7,12-13H2. The van der Waals surface area contributed by atoms with Crippen molar-refractivity contribution in [1.82, 2.24) is 0 Å². The number of hydrogen-bond acceptors (Lipinski definition) is 0. The average molecular weight is 252 g/mol. The van der Waals surface area contributed by atoms with Crippen LogP contribution in [-0.2, 0) is 5.41 Å². The van der Waals surface area contributed by atoms with Gasteiger partial charge in [0.15, 0.2) is 0 Å². The molecule has 96 valence electrons. The van der Waals surface area contributed by atoms with Crippen molar-refractivity contribution >= 4 is 0 Å². The summed E-state index contributed by atoms with van der Waals surface area (Å²) in [7, 11) is 0. The molecule has 0 fully saturated rings. The Bertz CT molecular complexity index is 530. The molecule has 0 aliphatic heterocycles. The Morgan fingerprint density at radius 1 is 0.789 bits per heavy atom. The highest BCUT2D eigenvalue weighted by atomic mass is 19.1. The second-order valence-corrected chi connectivity index (χ2v) is 5.15. The van der Waals surface area contributed by atoms with E-state index in [0.717, 1.165) is 12.8 Å². The maximum absolute atomic E-state index is 13.9. The lowest BCUT2D eigenvalue weighted by molar-refractivity contribution is 0.453. The molecule has 1 heteroatoms. The fraction of sp³-hybridized carbons (Fsp3) is 0.222. The maximum atomic E-state index is 13.9. The van der Waals surface area contributed by atoms with Gasteiger partial charge in [0.25, 0.3) is 0 Å². The minimum atomic E-state index is -0.301. The first-order valence-corrected chi connectivity index (χ1v) is 6.79. The van der Waals surface area contributed by atoms with Crippen molar-refractivity contribution in [3.8, 4) is 0 Å². The van der Waals surface area contributed by atoms with E-state index in [1.165, 1.54) is 11.1 Å². The summed E-state index contributed by atoms with van der Waals surface area (Å²) in [5, 5.41) is 0. The van der Waals surface area contributed by atoms with Gasteiger partial charge in [0.05, 0.1) is 5.83 Å². The summed E-state index contributed by atoms with van der Waals surface area (Å²) in [5.74, 6) is 0.0129. The molecule has 0 saturated carbocycles. The first-order valence-electron chi connectivity index (χ1n) is 6.79. The molecular formula is C18H17F. The summed E-state index contributed by atoms with van der Waals surface area (Å²) in [6, 6.07) is 20.5. The van der Waals surface area contributed by atoms with E-state index in [9.17, 15) is 4.39 Å². The lowest BCUT2D eigenvalue weighted by atomic mass is 9.68. The fourth-order valence-corrected chi connectivity index (χ4v) is 3.04. The van der Waals surface area contributed by atoms with Crippen LogP contribution in [0.5, 0.6) is 0 Å². The maximum Gasteiger partial charge on any atom is 0.0972 e. The third kappa shape index (κ3) is 2.21. The van der Waals surface area contributed by atoms with Crippen LogP contribution in [0.15, 0.2) is 72.6 Å². The van der Waals surface area contributed by atoms with Gasteiger partial charge in [-0.05, 0) is 36.5 Å². The normalized spacial score (nSPS) is 17.8. The average Bonchev–Trinajstić information content (AvgIpc) is 2.49. The molecule has 0 radical (unpaired) electrons. The van der Waals surface area contributed by atoms with Crippen molar-refractivity contribution in [3.63, 3.8) is 0 Å². The summed E-state index contributed by atoms with van der Waals surface area (Å²) in [6.07, 6.45) is 4.25. The molecule has 1 aliphatic carbocycles. The van der Waals surface area contributed by atoms with E-state index in [0.29, 0.717) is 6.42 Å². The van der Waals surface area contributed by atoms with Gasteiger partial charge in [-0.1, -0.05) is 60.7 Å². The molecule has 0 aromatic heterocycles. The topological polar surface area (TPSA) is 0 Å². The zero-order chi connectivity index (χ0) is 13.1. The first kappa shape index (κ1) is 12.2. The second-order valence-electron chi connectivity index (χ2n) is 5.15. The zero-order valence-electron chi connectivity index (χ0n) is 10.9. The molecule has 0 nitrogen and oxygen atoms in total. The molecule has 0 amide bonds.